The van der Waals surface area contributed by atoms with Gasteiger partial charge in [-0.2, -0.15) is 0 Å². The van der Waals surface area contributed by atoms with E-state index in [2.05, 4.69) is 31.0 Å². The predicted molar refractivity (Wildman–Crippen MR) is 137 cm³/mol. The molecule has 1 aromatic carbocycles. The van der Waals surface area contributed by atoms with Gasteiger partial charge in [-0.15, -0.1) is 0 Å². The second kappa shape index (κ2) is 10.8. The average molecular weight is 526 g/mol. The van der Waals surface area contributed by atoms with Gasteiger partial charge >= 0.3 is 12.1 Å². The zero-order chi connectivity index (χ0) is 26.8. The zero-order valence-electron chi connectivity index (χ0n) is 21.9. The molecule has 200 valence electrons. The van der Waals surface area contributed by atoms with E-state index in [1.165, 1.54) is 17.0 Å². The fourth-order valence-corrected chi connectivity index (χ4v) is 4.38. The molecule has 4 amide bonds. The van der Waals surface area contributed by atoms with Gasteiger partial charge in [0.25, 0.3) is 0 Å². The number of hydrogen-bond donors (Lipinski definition) is 1. The molecule has 0 bridgehead atoms. The van der Waals surface area contributed by atoms with Gasteiger partial charge in [0.1, 0.15) is 17.5 Å². The summed E-state index contributed by atoms with van der Waals surface area (Å²) in [7, 11) is 0. The maximum atomic E-state index is 13.7. The van der Waals surface area contributed by atoms with E-state index in [9.17, 15) is 18.8 Å². The quantitative estimate of drug-likeness (QED) is 0.633. The Kier molecular flexibility index (Phi) is 8.40. The van der Waals surface area contributed by atoms with Gasteiger partial charge in [-0.25, -0.2) is 14.0 Å². The molecule has 1 N–H and O–H groups in total. The number of benzene rings is 1. The van der Waals surface area contributed by atoms with Gasteiger partial charge in [-0.05, 0) is 59.7 Å². The summed E-state index contributed by atoms with van der Waals surface area (Å²) in [4.78, 5) is 46.2. The normalized spacial score (nSPS) is 19.8. The maximum absolute atomic E-state index is 13.7. The lowest BCUT2D eigenvalue weighted by atomic mass is 10.0. The molecule has 0 saturated carbocycles. The highest BCUT2D eigenvalue weighted by molar-refractivity contribution is 6.30. The lowest BCUT2D eigenvalue weighted by Gasteiger charge is -2.47. The van der Waals surface area contributed by atoms with Gasteiger partial charge < -0.3 is 19.9 Å². The van der Waals surface area contributed by atoms with E-state index >= 15 is 0 Å². The lowest BCUT2D eigenvalue weighted by Crippen LogP contribution is -2.65. The van der Waals surface area contributed by atoms with Gasteiger partial charge in [-0.1, -0.05) is 11.6 Å². The van der Waals surface area contributed by atoms with Crippen molar-refractivity contribution < 1.29 is 23.5 Å². The molecule has 0 spiro atoms. The van der Waals surface area contributed by atoms with Gasteiger partial charge in [-0.3, -0.25) is 14.6 Å². The number of nitrogens with one attached hydrogen (secondary N) is 1. The topological polar surface area (TPSA) is 85.4 Å². The molecule has 36 heavy (non-hydrogen) atoms. The van der Waals surface area contributed by atoms with Crippen molar-refractivity contribution in [1.29, 1.82) is 0 Å². The van der Waals surface area contributed by atoms with Crippen LogP contribution in [-0.2, 0) is 9.53 Å². The van der Waals surface area contributed by atoms with E-state index in [0.29, 0.717) is 51.5 Å². The molecule has 11 heteroatoms. The first kappa shape index (κ1) is 28.0. The minimum Gasteiger partial charge on any atom is -0.444 e. The summed E-state index contributed by atoms with van der Waals surface area (Å²) in [5.74, 6) is -0.772. The second-order valence-corrected chi connectivity index (χ2v) is 11.6. The number of urea groups is 1. The van der Waals surface area contributed by atoms with Crippen molar-refractivity contribution in [3.8, 4) is 0 Å². The molecule has 2 aliphatic heterocycles. The van der Waals surface area contributed by atoms with Crippen LogP contribution in [-0.4, -0.2) is 101 Å². The number of halogens is 2. The van der Waals surface area contributed by atoms with Crippen molar-refractivity contribution in [1.82, 2.24) is 19.6 Å². The predicted octanol–water partition coefficient (Wildman–Crippen LogP) is 3.88. The molecule has 0 unspecified atom stereocenters. The smallest absolute Gasteiger partial charge is 0.411 e. The first-order valence-electron chi connectivity index (χ1n) is 12.2. The van der Waals surface area contributed by atoms with E-state index in [0.717, 1.165) is 6.07 Å². The van der Waals surface area contributed by atoms with Crippen LogP contribution in [0, 0.1) is 5.82 Å². The minimum atomic E-state index is -0.676. The summed E-state index contributed by atoms with van der Waals surface area (Å²) in [6.07, 6.45) is -0.498. The molecule has 0 radical (unpaired) electrons. The third-order valence-electron chi connectivity index (χ3n) is 6.29. The van der Waals surface area contributed by atoms with Gasteiger partial charge in [0.15, 0.2) is 0 Å². The number of piperazine rings is 2. The van der Waals surface area contributed by atoms with Gasteiger partial charge in [0, 0.05) is 57.0 Å². The summed E-state index contributed by atoms with van der Waals surface area (Å²) >= 11 is 5.70. The van der Waals surface area contributed by atoms with E-state index in [4.69, 9.17) is 16.3 Å². The van der Waals surface area contributed by atoms with Crippen LogP contribution < -0.4 is 5.32 Å². The highest BCUT2D eigenvalue weighted by atomic mass is 35.5. The monoisotopic (exact) mass is 525 g/mol. The maximum Gasteiger partial charge on any atom is 0.411 e. The number of rotatable bonds is 2. The minimum absolute atomic E-state index is 0.0201. The fourth-order valence-electron chi connectivity index (χ4n) is 4.26. The Morgan fingerprint density at radius 3 is 2.14 bits per heavy atom. The van der Waals surface area contributed by atoms with Gasteiger partial charge in [0.05, 0.1) is 5.02 Å². The molecule has 0 aromatic heterocycles. The summed E-state index contributed by atoms with van der Waals surface area (Å²) in [5, 5.41) is 2.64. The highest BCUT2D eigenvalue weighted by Gasteiger charge is 2.42. The molecule has 2 fully saturated rings. The number of nitrogens with zero attached hydrogens (tertiary/aromatic N) is 4. The van der Waals surface area contributed by atoms with E-state index in [-0.39, 0.29) is 22.5 Å². The molecule has 2 aliphatic rings. The summed E-state index contributed by atoms with van der Waals surface area (Å²) in [6, 6.07) is 3.01. The Balaban J connectivity index is 1.65. The average Bonchev–Trinajstić information content (AvgIpc) is 2.79. The first-order valence-corrected chi connectivity index (χ1v) is 12.6. The SMILES string of the molecule is CC(C)(C)OC(=O)N1CCN(C(C)(C)C)C[C@@H]1C(=O)N1CCN(C(=O)Nc2ccc(Cl)c(F)c2)CC1. The van der Waals surface area contributed by atoms with Crippen LogP contribution in [0.3, 0.4) is 0 Å². The number of carbonyl (C=O) groups excluding carboxylic acids is 3. The fraction of sp³-hybridized carbons (Fsp3) is 0.640. The van der Waals surface area contributed by atoms with Crippen LogP contribution in [0.5, 0.6) is 0 Å². The van der Waals surface area contributed by atoms with Crippen molar-refractivity contribution in [2.45, 2.75) is 58.7 Å². The zero-order valence-corrected chi connectivity index (χ0v) is 22.7. The molecule has 9 nitrogen and oxygen atoms in total. The Hall–Kier alpha value is -2.59. The van der Waals surface area contributed by atoms with Crippen LogP contribution >= 0.6 is 11.6 Å². The number of hydrogen-bond acceptors (Lipinski definition) is 5. The van der Waals surface area contributed by atoms with Gasteiger partial charge in [0.2, 0.25) is 5.91 Å². The van der Waals surface area contributed by atoms with E-state index in [1.54, 1.807) is 30.6 Å². The molecule has 0 aliphatic carbocycles. The Labute approximate surface area is 217 Å². The molecular formula is C25H37ClFN5O4. The van der Waals surface area contributed by atoms with Crippen LogP contribution in [0.25, 0.3) is 0 Å². The van der Waals surface area contributed by atoms with E-state index in [1.807, 2.05) is 0 Å². The van der Waals surface area contributed by atoms with Crippen molar-refractivity contribution in [3.05, 3.63) is 29.0 Å². The van der Waals surface area contributed by atoms with Crippen molar-refractivity contribution >= 4 is 35.3 Å². The Bertz CT molecular complexity index is 986. The summed E-state index contributed by atoms with van der Waals surface area (Å²) in [6.45, 7) is 14.4. The third kappa shape index (κ3) is 7.00. The van der Waals surface area contributed by atoms with Crippen molar-refractivity contribution in [2.75, 3.05) is 51.1 Å². The van der Waals surface area contributed by atoms with Crippen molar-refractivity contribution in [3.63, 3.8) is 0 Å². The first-order chi connectivity index (χ1) is 16.7. The lowest BCUT2D eigenvalue weighted by molar-refractivity contribution is -0.141. The van der Waals surface area contributed by atoms with Crippen molar-refractivity contribution in [2.24, 2.45) is 0 Å². The molecule has 2 saturated heterocycles. The summed E-state index contributed by atoms with van der Waals surface area (Å²) < 4.78 is 19.3. The van der Waals surface area contributed by atoms with Crippen LogP contribution in [0.2, 0.25) is 5.02 Å². The van der Waals surface area contributed by atoms with E-state index < -0.39 is 23.6 Å². The molecule has 3 rings (SSSR count). The Morgan fingerprint density at radius 2 is 1.58 bits per heavy atom. The van der Waals surface area contributed by atoms with Crippen LogP contribution in [0.4, 0.5) is 19.7 Å². The Morgan fingerprint density at radius 1 is 0.972 bits per heavy atom. The number of ether oxygens (including phenoxy) is 1. The number of carbonyl (C=O) groups is 3. The third-order valence-corrected chi connectivity index (χ3v) is 6.60. The molecule has 1 atom stereocenters. The number of amides is 4. The number of anilines is 1. The molecule has 2 heterocycles. The molecular weight excluding hydrogens is 489 g/mol. The standard InChI is InChI=1S/C25H37ClFN5O4/c1-24(2,3)31-13-14-32(23(35)36-25(4,5)6)20(16-31)21(33)29-9-11-30(12-10-29)22(34)28-17-7-8-18(26)19(27)15-17/h7-8,15,20H,9-14,16H2,1-6H3,(H,28,34)/t20-/m1/s1. The second-order valence-electron chi connectivity index (χ2n) is 11.2. The summed E-state index contributed by atoms with van der Waals surface area (Å²) in [5.41, 5.74) is -0.521. The largest absolute Gasteiger partial charge is 0.444 e. The van der Waals surface area contributed by atoms with Crippen LogP contribution in [0.15, 0.2) is 18.2 Å². The van der Waals surface area contributed by atoms with Crippen LogP contribution in [0.1, 0.15) is 41.5 Å². The highest BCUT2D eigenvalue weighted by Crippen LogP contribution is 2.24. The molecule has 1 aromatic rings.